The lowest BCUT2D eigenvalue weighted by Gasteiger charge is -1.99. The fourth-order valence-corrected chi connectivity index (χ4v) is 1.09. The fourth-order valence-electron chi connectivity index (χ4n) is 1.09. The van der Waals surface area contributed by atoms with Crippen molar-refractivity contribution >= 4 is 11.5 Å². The summed E-state index contributed by atoms with van der Waals surface area (Å²) in [5, 5.41) is 0. The lowest BCUT2D eigenvalue weighted by Crippen LogP contribution is -2.00. The average molecular weight is 187 g/mol. The molecule has 2 nitrogen and oxygen atoms in total. The minimum atomic E-state index is -0.0265. The molecule has 1 rings (SSSR count). The van der Waals surface area contributed by atoms with E-state index in [0.717, 1.165) is 5.56 Å². The van der Waals surface area contributed by atoms with Gasteiger partial charge in [-0.15, -0.1) is 6.58 Å². The predicted octanol–water partition coefficient (Wildman–Crippen LogP) is 2.13. The number of benzene rings is 1. The summed E-state index contributed by atoms with van der Waals surface area (Å²) in [6.45, 7) is 3.49. The molecule has 14 heavy (non-hydrogen) atoms. The largest absolute Gasteiger partial charge is 0.398 e. The molecular formula is C12H13NO. The van der Waals surface area contributed by atoms with E-state index in [1.54, 1.807) is 6.08 Å². The second kappa shape index (κ2) is 5.02. The number of rotatable bonds is 4. The van der Waals surface area contributed by atoms with Gasteiger partial charge in [0.15, 0.2) is 5.78 Å². The van der Waals surface area contributed by atoms with Gasteiger partial charge in [0.1, 0.15) is 0 Å². The van der Waals surface area contributed by atoms with Crippen molar-refractivity contribution in [3.05, 3.63) is 54.6 Å². The maximum absolute atomic E-state index is 11.2. The smallest absolute Gasteiger partial charge is 0.161 e. The molecule has 0 saturated carbocycles. The topological polar surface area (TPSA) is 43.1 Å². The Kier molecular flexibility index (Phi) is 3.68. The van der Waals surface area contributed by atoms with Crippen LogP contribution in [0, 0.1) is 0 Å². The van der Waals surface area contributed by atoms with Gasteiger partial charge in [-0.25, -0.2) is 0 Å². The van der Waals surface area contributed by atoms with E-state index >= 15 is 0 Å². The summed E-state index contributed by atoms with van der Waals surface area (Å²) in [6.07, 6.45) is 3.33. The monoisotopic (exact) mass is 187 g/mol. The first-order valence-corrected chi connectivity index (χ1v) is 4.40. The first-order valence-electron chi connectivity index (χ1n) is 4.40. The Morgan fingerprint density at radius 3 is 2.57 bits per heavy atom. The Morgan fingerprint density at radius 1 is 1.36 bits per heavy atom. The lowest BCUT2D eigenvalue weighted by atomic mass is 10.1. The fraction of sp³-hybridized carbons (Fsp3) is 0.0833. The highest BCUT2D eigenvalue weighted by Gasteiger charge is 1.98. The van der Waals surface area contributed by atoms with Gasteiger partial charge in [0, 0.05) is 18.2 Å². The number of allylic oxidation sites excluding steroid dienone is 2. The Balaban J connectivity index is 2.79. The summed E-state index contributed by atoms with van der Waals surface area (Å²) >= 11 is 0. The number of carbonyl (C=O) groups is 1. The Bertz CT molecular complexity index is 352. The Labute approximate surface area is 83.7 Å². The number of nitrogens with two attached hydrogens (primary N) is 1. The average Bonchev–Trinajstić information content (AvgIpc) is 2.19. The summed E-state index contributed by atoms with van der Waals surface area (Å²) in [7, 11) is 0. The SMILES string of the molecule is C=CCC(=O)/C=C(\N)c1ccccc1. The van der Waals surface area contributed by atoms with Gasteiger partial charge in [-0.05, 0) is 5.56 Å². The first kappa shape index (κ1) is 10.3. The molecule has 0 aliphatic rings. The highest BCUT2D eigenvalue weighted by molar-refractivity contribution is 5.96. The van der Waals surface area contributed by atoms with Crippen LogP contribution in [0.15, 0.2) is 49.1 Å². The third-order valence-electron chi connectivity index (χ3n) is 1.77. The molecule has 0 saturated heterocycles. The van der Waals surface area contributed by atoms with Crippen LogP contribution >= 0.6 is 0 Å². The van der Waals surface area contributed by atoms with E-state index in [1.807, 2.05) is 30.3 Å². The lowest BCUT2D eigenvalue weighted by molar-refractivity contribution is -0.113. The summed E-state index contributed by atoms with van der Waals surface area (Å²) in [6, 6.07) is 9.41. The van der Waals surface area contributed by atoms with Crippen molar-refractivity contribution in [2.24, 2.45) is 5.73 Å². The van der Waals surface area contributed by atoms with E-state index in [4.69, 9.17) is 5.73 Å². The number of ketones is 1. The van der Waals surface area contributed by atoms with Gasteiger partial charge in [-0.3, -0.25) is 4.79 Å². The van der Waals surface area contributed by atoms with Crippen LogP contribution < -0.4 is 5.73 Å². The van der Waals surface area contributed by atoms with Crippen molar-refractivity contribution in [1.82, 2.24) is 0 Å². The van der Waals surface area contributed by atoms with Gasteiger partial charge in [-0.2, -0.15) is 0 Å². The predicted molar refractivity (Wildman–Crippen MR) is 58.4 cm³/mol. The van der Waals surface area contributed by atoms with E-state index in [1.165, 1.54) is 6.08 Å². The molecule has 0 spiro atoms. The van der Waals surface area contributed by atoms with Gasteiger partial charge in [0.2, 0.25) is 0 Å². The standard InChI is InChI=1S/C12H13NO/c1-2-6-11(14)9-12(13)10-7-4-3-5-8-10/h2-5,7-9H,1,6,13H2/b12-9-. The molecule has 0 atom stereocenters. The third kappa shape index (κ3) is 2.90. The van der Waals surface area contributed by atoms with Crippen molar-refractivity contribution in [2.75, 3.05) is 0 Å². The molecule has 1 aromatic rings. The van der Waals surface area contributed by atoms with Crippen LogP contribution in [-0.4, -0.2) is 5.78 Å². The third-order valence-corrected chi connectivity index (χ3v) is 1.77. The summed E-state index contributed by atoms with van der Waals surface area (Å²) in [5.74, 6) is -0.0265. The Morgan fingerprint density at radius 2 is 2.00 bits per heavy atom. The van der Waals surface area contributed by atoms with Crippen LogP contribution in [-0.2, 0) is 4.79 Å². The molecule has 0 fully saturated rings. The van der Waals surface area contributed by atoms with Gasteiger partial charge >= 0.3 is 0 Å². The summed E-state index contributed by atoms with van der Waals surface area (Å²) in [4.78, 5) is 11.2. The van der Waals surface area contributed by atoms with Crippen molar-refractivity contribution < 1.29 is 4.79 Å². The molecule has 0 amide bonds. The van der Waals surface area contributed by atoms with Crippen molar-refractivity contribution in [2.45, 2.75) is 6.42 Å². The zero-order valence-corrected chi connectivity index (χ0v) is 7.94. The molecule has 0 aromatic heterocycles. The molecule has 0 heterocycles. The van der Waals surface area contributed by atoms with Crippen molar-refractivity contribution in [3.63, 3.8) is 0 Å². The normalized spacial score (nSPS) is 11.0. The molecule has 1 aromatic carbocycles. The van der Waals surface area contributed by atoms with E-state index in [-0.39, 0.29) is 5.78 Å². The van der Waals surface area contributed by atoms with Crippen LogP contribution in [0.1, 0.15) is 12.0 Å². The summed E-state index contributed by atoms with van der Waals surface area (Å²) < 4.78 is 0. The second-order valence-electron chi connectivity index (χ2n) is 2.92. The molecule has 0 bridgehead atoms. The zero-order valence-electron chi connectivity index (χ0n) is 7.94. The van der Waals surface area contributed by atoms with Gasteiger partial charge in [0.05, 0.1) is 0 Å². The van der Waals surface area contributed by atoms with Gasteiger partial charge < -0.3 is 5.73 Å². The molecule has 0 unspecified atom stereocenters. The Hall–Kier alpha value is -1.83. The summed E-state index contributed by atoms with van der Waals surface area (Å²) in [5.41, 5.74) is 7.10. The molecule has 0 radical (unpaired) electrons. The van der Waals surface area contributed by atoms with Gasteiger partial charge in [-0.1, -0.05) is 36.4 Å². The van der Waals surface area contributed by atoms with E-state index in [9.17, 15) is 4.79 Å². The number of carbonyl (C=O) groups excluding carboxylic acids is 1. The van der Waals surface area contributed by atoms with Crippen molar-refractivity contribution in [1.29, 1.82) is 0 Å². The minimum Gasteiger partial charge on any atom is -0.398 e. The van der Waals surface area contributed by atoms with Crippen LogP contribution in [0.2, 0.25) is 0 Å². The number of hydrogen-bond acceptors (Lipinski definition) is 2. The van der Waals surface area contributed by atoms with E-state index in [0.29, 0.717) is 12.1 Å². The van der Waals surface area contributed by atoms with Crippen LogP contribution in [0.5, 0.6) is 0 Å². The maximum atomic E-state index is 11.2. The maximum Gasteiger partial charge on any atom is 0.161 e. The highest BCUT2D eigenvalue weighted by atomic mass is 16.1. The van der Waals surface area contributed by atoms with Crippen LogP contribution in [0.25, 0.3) is 5.70 Å². The molecule has 72 valence electrons. The number of hydrogen-bond donors (Lipinski definition) is 1. The molecule has 0 aliphatic carbocycles. The molecule has 2 heteroatoms. The second-order valence-corrected chi connectivity index (χ2v) is 2.92. The zero-order chi connectivity index (χ0) is 10.4. The molecule has 2 N–H and O–H groups in total. The first-order chi connectivity index (χ1) is 6.74. The molecule has 0 aliphatic heterocycles. The van der Waals surface area contributed by atoms with Crippen molar-refractivity contribution in [3.8, 4) is 0 Å². The highest BCUT2D eigenvalue weighted by Crippen LogP contribution is 2.07. The van der Waals surface area contributed by atoms with Crippen LogP contribution in [0.4, 0.5) is 0 Å². The molecular weight excluding hydrogens is 174 g/mol. The van der Waals surface area contributed by atoms with Crippen LogP contribution in [0.3, 0.4) is 0 Å². The quantitative estimate of drug-likeness (QED) is 0.579. The van der Waals surface area contributed by atoms with Gasteiger partial charge in [0.25, 0.3) is 0 Å². The van der Waals surface area contributed by atoms with E-state index in [2.05, 4.69) is 6.58 Å². The van der Waals surface area contributed by atoms with E-state index < -0.39 is 0 Å². The minimum absolute atomic E-state index is 0.0265.